The van der Waals surface area contributed by atoms with Crippen LogP contribution in [0.3, 0.4) is 0 Å². The summed E-state index contributed by atoms with van der Waals surface area (Å²) in [7, 11) is 3.86. The van der Waals surface area contributed by atoms with Crippen molar-refractivity contribution in [1.82, 2.24) is 9.97 Å². The topological polar surface area (TPSA) is 50.7 Å². The maximum atomic E-state index is 12.2. The predicted octanol–water partition coefficient (Wildman–Crippen LogP) is 2.72. The van der Waals surface area contributed by atoms with Crippen molar-refractivity contribution in [3.05, 3.63) is 42.1 Å². The number of rotatable bonds is 5. The number of aromatic nitrogens is 2. The fourth-order valence-electron chi connectivity index (χ4n) is 2.64. The lowest BCUT2D eigenvalue weighted by atomic mass is 10.1. The summed E-state index contributed by atoms with van der Waals surface area (Å²) in [4.78, 5) is 12.9. The molecule has 1 atom stereocenters. The number of hydrogen-bond donors (Lipinski definition) is 0. The molecule has 25 heavy (non-hydrogen) atoms. The molecule has 1 saturated heterocycles. The highest BCUT2D eigenvalue weighted by Gasteiger charge is 2.24. The molecule has 1 aliphatic rings. The van der Waals surface area contributed by atoms with Gasteiger partial charge < -0.3 is 19.3 Å². The first kappa shape index (κ1) is 17.3. The van der Waals surface area contributed by atoms with Gasteiger partial charge in [0, 0.05) is 26.8 Å². The molecule has 0 radical (unpaired) electrons. The van der Waals surface area contributed by atoms with Crippen molar-refractivity contribution >= 4 is 11.8 Å². The molecule has 2 heterocycles. The Kier molecular flexibility index (Phi) is 5.28. The molecule has 134 valence electrons. The van der Waals surface area contributed by atoms with E-state index in [1.807, 2.05) is 25.1 Å². The number of nitrogens with zero attached hydrogens (tertiary/aromatic N) is 4. The molecule has 1 fully saturated rings. The van der Waals surface area contributed by atoms with Gasteiger partial charge in [-0.2, -0.15) is 13.8 Å². The number of anilines is 2. The lowest BCUT2D eigenvalue weighted by Gasteiger charge is -2.33. The SMILES string of the molecule is CN(C)c1ccnc(N2CCOC(c3ccc(OC(F)F)cc3)C2)n1. The summed E-state index contributed by atoms with van der Waals surface area (Å²) >= 11 is 0. The van der Waals surface area contributed by atoms with E-state index >= 15 is 0 Å². The zero-order valence-electron chi connectivity index (χ0n) is 14.1. The maximum Gasteiger partial charge on any atom is 0.387 e. The van der Waals surface area contributed by atoms with Crippen molar-refractivity contribution in [2.75, 3.05) is 43.6 Å². The van der Waals surface area contributed by atoms with Crippen LogP contribution in [0.2, 0.25) is 0 Å². The molecule has 0 aliphatic carbocycles. The Labute approximate surface area is 145 Å². The van der Waals surface area contributed by atoms with E-state index in [1.54, 1.807) is 18.3 Å². The molecular weight excluding hydrogens is 330 g/mol. The van der Waals surface area contributed by atoms with Crippen LogP contribution in [0.4, 0.5) is 20.5 Å². The molecule has 1 aromatic carbocycles. The highest BCUT2D eigenvalue weighted by molar-refractivity contribution is 5.43. The molecule has 0 saturated carbocycles. The maximum absolute atomic E-state index is 12.2. The Morgan fingerprint density at radius 3 is 2.68 bits per heavy atom. The Hall–Kier alpha value is -2.48. The molecule has 2 aromatic rings. The van der Waals surface area contributed by atoms with Crippen molar-refractivity contribution in [2.24, 2.45) is 0 Å². The minimum atomic E-state index is -2.83. The quantitative estimate of drug-likeness (QED) is 0.826. The van der Waals surface area contributed by atoms with Crippen molar-refractivity contribution in [3.63, 3.8) is 0 Å². The van der Waals surface area contributed by atoms with Gasteiger partial charge in [-0.15, -0.1) is 0 Å². The fourth-order valence-corrected chi connectivity index (χ4v) is 2.64. The van der Waals surface area contributed by atoms with E-state index in [0.717, 1.165) is 11.4 Å². The lowest BCUT2D eigenvalue weighted by molar-refractivity contribution is -0.0498. The van der Waals surface area contributed by atoms with Gasteiger partial charge in [0.1, 0.15) is 17.7 Å². The number of halogens is 2. The van der Waals surface area contributed by atoms with Crippen LogP contribution in [-0.4, -0.2) is 50.4 Å². The summed E-state index contributed by atoms with van der Waals surface area (Å²) in [6, 6.07) is 8.37. The van der Waals surface area contributed by atoms with Gasteiger partial charge in [-0.05, 0) is 23.8 Å². The van der Waals surface area contributed by atoms with Gasteiger partial charge in [-0.3, -0.25) is 0 Å². The second-order valence-corrected chi connectivity index (χ2v) is 5.86. The first-order chi connectivity index (χ1) is 12.0. The van der Waals surface area contributed by atoms with Crippen LogP contribution in [0.5, 0.6) is 5.75 Å². The Morgan fingerprint density at radius 2 is 2.00 bits per heavy atom. The first-order valence-electron chi connectivity index (χ1n) is 7.94. The van der Waals surface area contributed by atoms with E-state index in [4.69, 9.17) is 4.74 Å². The van der Waals surface area contributed by atoms with Crippen molar-refractivity contribution < 1.29 is 18.3 Å². The van der Waals surface area contributed by atoms with E-state index in [1.165, 1.54) is 12.1 Å². The van der Waals surface area contributed by atoms with Gasteiger partial charge in [-0.25, -0.2) is 4.98 Å². The number of benzene rings is 1. The van der Waals surface area contributed by atoms with Crippen molar-refractivity contribution in [1.29, 1.82) is 0 Å². The second kappa shape index (κ2) is 7.60. The molecule has 6 nitrogen and oxygen atoms in total. The highest BCUT2D eigenvalue weighted by atomic mass is 19.3. The third kappa shape index (κ3) is 4.33. The zero-order chi connectivity index (χ0) is 17.8. The van der Waals surface area contributed by atoms with E-state index in [0.29, 0.717) is 25.6 Å². The minimum absolute atomic E-state index is 0.133. The summed E-state index contributed by atoms with van der Waals surface area (Å²) in [5, 5.41) is 0. The molecule has 0 bridgehead atoms. The van der Waals surface area contributed by atoms with E-state index in [2.05, 4.69) is 19.6 Å². The summed E-state index contributed by atoms with van der Waals surface area (Å²) in [5.74, 6) is 1.62. The number of hydrogen-bond acceptors (Lipinski definition) is 6. The largest absolute Gasteiger partial charge is 0.435 e. The van der Waals surface area contributed by atoms with Crippen LogP contribution in [-0.2, 0) is 4.74 Å². The third-order valence-corrected chi connectivity index (χ3v) is 3.91. The van der Waals surface area contributed by atoms with Crippen LogP contribution in [0, 0.1) is 0 Å². The van der Waals surface area contributed by atoms with Crippen LogP contribution in [0.25, 0.3) is 0 Å². The molecule has 1 unspecified atom stereocenters. The standard InChI is InChI=1S/C17H20F2N4O2/c1-22(2)15-7-8-20-17(21-15)23-9-10-24-14(11-23)12-3-5-13(6-4-12)25-16(18)19/h3-8,14,16H,9-11H2,1-2H3. The third-order valence-electron chi connectivity index (χ3n) is 3.91. The molecule has 3 rings (SSSR count). The van der Waals surface area contributed by atoms with Gasteiger partial charge in [0.25, 0.3) is 0 Å². The van der Waals surface area contributed by atoms with E-state index in [9.17, 15) is 8.78 Å². The first-order valence-corrected chi connectivity index (χ1v) is 7.94. The van der Waals surface area contributed by atoms with Crippen LogP contribution >= 0.6 is 0 Å². The molecule has 1 aromatic heterocycles. The van der Waals surface area contributed by atoms with E-state index in [-0.39, 0.29) is 11.9 Å². The highest BCUT2D eigenvalue weighted by Crippen LogP contribution is 2.26. The lowest BCUT2D eigenvalue weighted by Crippen LogP contribution is -2.39. The average molecular weight is 350 g/mol. The predicted molar refractivity (Wildman–Crippen MR) is 90.3 cm³/mol. The number of morpholine rings is 1. The normalized spacial score (nSPS) is 17.6. The minimum Gasteiger partial charge on any atom is -0.435 e. The second-order valence-electron chi connectivity index (χ2n) is 5.86. The number of alkyl halides is 2. The van der Waals surface area contributed by atoms with Gasteiger partial charge in [-0.1, -0.05) is 12.1 Å². The Balaban J connectivity index is 1.71. The van der Waals surface area contributed by atoms with Gasteiger partial charge in [0.05, 0.1) is 13.2 Å². The summed E-state index contributed by atoms with van der Waals surface area (Å²) in [6.07, 6.45) is 1.56. The zero-order valence-corrected chi connectivity index (χ0v) is 14.1. The molecule has 0 N–H and O–H groups in total. The van der Waals surface area contributed by atoms with Gasteiger partial charge in [0.15, 0.2) is 0 Å². The summed E-state index contributed by atoms with van der Waals surface area (Å²) in [6.45, 7) is -1.00. The number of ether oxygens (including phenoxy) is 2. The van der Waals surface area contributed by atoms with Crippen molar-refractivity contribution in [2.45, 2.75) is 12.7 Å². The molecule has 0 spiro atoms. The Bertz CT molecular complexity index is 697. The Morgan fingerprint density at radius 1 is 1.24 bits per heavy atom. The molecule has 1 aliphatic heterocycles. The average Bonchev–Trinajstić information content (AvgIpc) is 2.62. The van der Waals surface area contributed by atoms with Crippen molar-refractivity contribution in [3.8, 4) is 5.75 Å². The van der Waals surface area contributed by atoms with Crippen LogP contribution in [0.1, 0.15) is 11.7 Å². The van der Waals surface area contributed by atoms with E-state index < -0.39 is 6.61 Å². The smallest absolute Gasteiger partial charge is 0.387 e. The molecule has 8 heteroatoms. The van der Waals surface area contributed by atoms with Crippen LogP contribution < -0.4 is 14.5 Å². The molecule has 0 amide bonds. The van der Waals surface area contributed by atoms with Gasteiger partial charge in [0.2, 0.25) is 5.95 Å². The molecular formula is C17H20F2N4O2. The summed E-state index contributed by atoms with van der Waals surface area (Å²) in [5.41, 5.74) is 0.898. The van der Waals surface area contributed by atoms with Crippen LogP contribution in [0.15, 0.2) is 36.5 Å². The monoisotopic (exact) mass is 350 g/mol. The summed E-state index contributed by atoms with van der Waals surface area (Å²) < 4.78 is 34.7. The fraction of sp³-hybridized carbons (Fsp3) is 0.412. The van der Waals surface area contributed by atoms with Gasteiger partial charge >= 0.3 is 6.61 Å².